The van der Waals surface area contributed by atoms with Crippen molar-refractivity contribution in [1.82, 2.24) is 9.55 Å². The van der Waals surface area contributed by atoms with Crippen molar-refractivity contribution >= 4 is 11.0 Å². The topological polar surface area (TPSA) is 47.3 Å². The lowest BCUT2D eigenvalue weighted by Gasteiger charge is -2.05. The highest BCUT2D eigenvalue weighted by molar-refractivity contribution is 5.82. The first kappa shape index (κ1) is 12.5. The van der Waals surface area contributed by atoms with Crippen molar-refractivity contribution in [1.29, 1.82) is 0 Å². The maximum absolute atomic E-state index is 9.62. The van der Waals surface area contributed by atoms with E-state index in [1.54, 1.807) is 13.2 Å². The molecule has 3 rings (SSSR count). The van der Waals surface area contributed by atoms with Gasteiger partial charge in [-0.05, 0) is 42.8 Å². The third kappa shape index (κ3) is 1.90. The lowest BCUT2D eigenvalue weighted by Crippen LogP contribution is -1.92. The first-order chi connectivity index (χ1) is 9.60. The fourth-order valence-corrected chi connectivity index (χ4v) is 2.36. The molecule has 2 aromatic carbocycles. The Hall–Kier alpha value is -2.49. The van der Waals surface area contributed by atoms with E-state index >= 15 is 0 Å². The molecular formula is C16H16N2O2. The largest absolute Gasteiger partial charge is 0.508 e. The quantitative estimate of drug-likeness (QED) is 0.776. The second kappa shape index (κ2) is 4.56. The summed E-state index contributed by atoms with van der Waals surface area (Å²) >= 11 is 0. The van der Waals surface area contributed by atoms with Crippen LogP contribution >= 0.6 is 0 Å². The number of aromatic nitrogens is 2. The summed E-state index contributed by atoms with van der Waals surface area (Å²) in [6, 6.07) is 11.4. The predicted molar refractivity (Wildman–Crippen MR) is 79.1 cm³/mol. The van der Waals surface area contributed by atoms with Crippen LogP contribution in [-0.2, 0) is 7.05 Å². The number of hydrogen-bond donors (Lipinski definition) is 1. The number of phenols is 1. The number of ether oxygens (including phenoxy) is 1. The van der Waals surface area contributed by atoms with Crippen LogP contribution < -0.4 is 4.74 Å². The summed E-state index contributed by atoms with van der Waals surface area (Å²) in [7, 11) is 3.63. The van der Waals surface area contributed by atoms with Crippen molar-refractivity contribution in [3.05, 3.63) is 42.0 Å². The molecule has 3 aromatic rings. The molecule has 1 heterocycles. The van der Waals surface area contributed by atoms with Crippen molar-refractivity contribution in [3.63, 3.8) is 0 Å². The Labute approximate surface area is 117 Å². The summed E-state index contributed by atoms with van der Waals surface area (Å²) in [5.41, 5.74) is 3.77. The van der Waals surface area contributed by atoms with E-state index in [-0.39, 0.29) is 0 Å². The van der Waals surface area contributed by atoms with Gasteiger partial charge in [0.25, 0.3) is 0 Å². The van der Waals surface area contributed by atoms with Crippen LogP contribution in [0.5, 0.6) is 11.5 Å². The molecule has 0 bridgehead atoms. The molecule has 1 aromatic heterocycles. The van der Waals surface area contributed by atoms with Gasteiger partial charge < -0.3 is 14.4 Å². The zero-order chi connectivity index (χ0) is 14.3. The van der Waals surface area contributed by atoms with Gasteiger partial charge in [0.2, 0.25) is 0 Å². The second-order valence-corrected chi connectivity index (χ2v) is 4.85. The first-order valence-corrected chi connectivity index (χ1v) is 6.40. The number of aromatic hydroxyl groups is 1. The summed E-state index contributed by atoms with van der Waals surface area (Å²) in [5, 5.41) is 9.62. The van der Waals surface area contributed by atoms with Crippen LogP contribution in [0.2, 0.25) is 0 Å². The fraction of sp³-hybridized carbons (Fsp3) is 0.188. The van der Waals surface area contributed by atoms with Gasteiger partial charge in [-0.25, -0.2) is 4.98 Å². The summed E-state index contributed by atoms with van der Waals surface area (Å²) in [6.07, 6.45) is 0. The number of rotatable bonds is 2. The van der Waals surface area contributed by atoms with Gasteiger partial charge in [0.1, 0.15) is 17.3 Å². The van der Waals surface area contributed by atoms with Crippen molar-refractivity contribution in [2.75, 3.05) is 7.11 Å². The Morgan fingerprint density at radius 3 is 2.65 bits per heavy atom. The monoisotopic (exact) mass is 268 g/mol. The number of nitrogens with zero attached hydrogens (tertiary/aromatic N) is 2. The molecule has 0 aliphatic rings. The maximum atomic E-state index is 9.62. The molecule has 4 nitrogen and oxygen atoms in total. The molecule has 0 amide bonds. The lowest BCUT2D eigenvalue weighted by atomic mass is 10.1. The summed E-state index contributed by atoms with van der Waals surface area (Å²) < 4.78 is 7.27. The van der Waals surface area contributed by atoms with Crippen molar-refractivity contribution in [2.24, 2.45) is 7.05 Å². The molecule has 0 aliphatic carbocycles. The number of benzene rings is 2. The van der Waals surface area contributed by atoms with Gasteiger partial charge in [-0.1, -0.05) is 0 Å². The fourth-order valence-electron chi connectivity index (χ4n) is 2.36. The lowest BCUT2D eigenvalue weighted by molar-refractivity contribution is 0.415. The van der Waals surface area contributed by atoms with Gasteiger partial charge in [0, 0.05) is 18.7 Å². The number of hydrogen-bond acceptors (Lipinski definition) is 3. The first-order valence-electron chi connectivity index (χ1n) is 6.40. The third-order valence-corrected chi connectivity index (χ3v) is 3.54. The zero-order valence-electron chi connectivity index (χ0n) is 11.7. The van der Waals surface area contributed by atoms with E-state index < -0.39 is 0 Å². The molecule has 0 radical (unpaired) electrons. The smallest absolute Gasteiger partial charge is 0.140 e. The maximum Gasteiger partial charge on any atom is 0.140 e. The van der Waals surface area contributed by atoms with E-state index in [1.807, 2.05) is 48.9 Å². The summed E-state index contributed by atoms with van der Waals surface area (Å²) in [5.74, 6) is 1.97. The third-order valence-electron chi connectivity index (χ3n) is 3.54. The highest BCUT2D eigenvalue weighted by Crippen LogP contribution is 2.28. The van der Waals surface area contributed by atoms with Gasteiger partial charge in [-0.2, -0.15) is 0 Å². The number of methoxy groups -OCH3 is 1. The van der Waals surface area contributed by atoms with Crippen molar-refractivity contribution in [2.45, 2.75) is 6.92 Å². The van der Waals surface area contributed by atoms with Crippen LogP contribution in [0.25, 0.3) is 22.4 Å². The molecule has 4 heteroatoms. The van der Waals surface area contributed by atoms with E-state index in [4.69, 9.17) is 4.74 Å². The number of imidazole rings is 1. The Balaban J connectivity index is 2.20. The van der Waals surface area contributed by atoms with Gasteiger partial charge in [0.15, 0.2) is 0 Å². The Morgan fingerprint density at radius 2 is 1.95 bits per heavy atom. The van der Waals surface area contributed by atoms with Crippen LogP contribution in [0.3, 0.4) is 0 Å². The van der Waals surface area contributed by atoms with Crippen molar-refractivity contribution < 1.29 is 9.84 Å². The molecular weight excluding hydrogens is 252 g/mol. The molecule has 0 atom stereocenters. The van der Waals surface area contributed by atoms with Crippen molar-refractivity contribution in [3.8, 4) is 22.9 Å². The van der Waals surface area contributed by atoms with Gasteiger partial charge >= 0.3 is 0 Å². The molecule has 0 fully saturated rings. The SMILES string of the molecule is COc1ccc2c(c1)nc(-c1ccc(O)c(C)c1)n2C. The number of phenolic OH excluding ortho intramolecular Hbond substituents is 1. The van der Waals surface area contributed by atoms with E-state index in [0.29, 0.717) is 5.75 Å². The van der Waals surface area contributed by atoms with Gasteiger partial charge in [-0.15, -0.1) is 0 Å². The van der Waals surface area contributed by atoms with Crippen LogP contribution in [-0.4, -0.2) is 21.8 Å². The van der Waals surface area contributed by atoms with Crippen LogP contribution in [0, 0.1) is 6.92 Å². The van der Waals surface area contributed by atoms with E-state index in [1.165, 1.54) is 0 Å². The van der Waals surface area contributed by atoms with E-state index in [0.717, 1.165) is 33.7 Å². The van der Waals surface area contributed by atoms with Crippen LogP contribution in [0.15, 0.2) is 36.4 Å². The minimum absolute atomic E-state index is 0.300. The molecule has 102 valence electrons. The summed E-state index contributed by atoms with van der Waals surface area (Å²) in [4.78, 5) is 4.66. The second-order valence-electron chi connectivity index (χ2n) is 4.85. The minimum Gasteiger partial charge on any atom is -0.508 e. The predicted octanol–water partition coefficient (Wildman–Crippen LogP) is 3.26. The summed E-state index contributed by atoms with van der Waals surface area (Å²) in [6.45, 7) is 1.88. The zero-order valence-corrected chi connectivity index (χ0v) is 11.7. The molecule has 0 saturated carbocycles. The van der Waals surface area contributed by atoms with E-state index in [9.17, 15) is 5.11 Å². The molecule has 0 saturated heterocycles. The molecule has 0 aliphatic heterocycles. The Kier molecular flexibility index (Phi) is 2.86. The Morgan fingerprint density at radius 1 is 1.15 bits per heavy atom. The standard InChI is InChI=1S/C16H16N2O2/c1-10-8-11(4-7-15(10)19)16-17-13-9-12(20-3)5-6-14(13)18(16)2/h4-9,19H,1-3H3. The molecule has 0 unspecified atom stereocenters. The average Bonchev–Trinajstić information content (AvgIpc) is 2.78. The highest BCUT2D eigenvalue weighted by atomic mass is 16.5. The number of fused-ring (bicyclic) bond motifs is 1. The highest BCUT2D eigenvalue weighted by Gasteiger charge is 2.11. The van der Waals surface area contributed by atoms with Gasteiger partial charge in [0.05, 0.1) is 18.1 Å². The van der Waals surface area contributed by atoms with Crippen LogP contribution in [0.4, 0.5) is 0 Å². The normalized spacial score (nSPS) is 10.9. The number of aryl methyl sites for hydroxylation is 2. The van der Waals surface area contributed by atoms with E-state index in [2.05, 4.69) is 4.98 Å². The molecule has 1 N–H and O–H groups in total. The molecule has 20 heavy (non-hydrogen) atoms. The average molecular weight is 268 g/mol. The Bertz CT molecular complexity index is 791. The van der Waals surface area contributed by atoms with Gasteiger partial charge in [-0.3, -0.25) is 0 Å². The molecule has 0 spiro atoms. The minimum atomic E-state index is 0.300. The van der Waals surface area contributed by atoms with Crippen LogP contribution in [0.1, 0.15) is 5.56 Å².